The Morgan fingerprint density at radius 3 is 2.35 bits per heavy atom. The van der Waals surface area contributed by atoms with E-state index in [1.807, 2.05) is 0 Å². The van der Waals surface area contributed by atoms with Crippen LogP contribution in [0.5, 0.6) is 0 Å². The third kappa shape index (κ3) is 4.87. The Labute approximate surface area is 149 Å². The Hall–Kier alpha value is -1.84. The van der Waals surface area contributed by atoms with Crippen molar-refractivity contribution in [3.63, 3.8) is 0 Å². The number of aliphatic hydroxyl groups is 3. The van der Waals surface area contributed by atoms with Gasteiger partial charge in [-0.05, 0) is 24.3 Å². The Balaban J connectivity index is 1.90. The number of nitrogens with two attached hydrogens (primary N) is 2. The van der Waals surface area contributed by atoms with Crippen molar-refractivity contribution in [2.45, 2.75) is 35.5 Å². The van der Waals surface area contributed by atoms with E-state index < -0.39 is 53.2 Å². The molecule has 0 radical (unpaired) electrons. The van der Waals surface area contributed by atoms with Crippen molar-refractivity contribution in [3.05, 3.63) is 24.3 Å². The van der Waals surface area contributed by atoms with E-state index in [1.165, 1.54) is 24.3 Å². The van der Waals surface area contributed by atoms with Gasteiger partial charge >= 0.3 is 6.03 Å². The monoisotopic (exact) mass is 391 g/mol. The first-order valence-electron chi connectivity index (χ1n) is 7.47. The number of benzene rings is 1. The third-order valence-electron chi connectivity index (χ3n) is 3.74. The fourth-order valence-corrected chi connectivity index (χ4v) is 2.81. The summed E-state index contributed by atoms with van der Waals surface area (Å²) < 4.78 is 27.6. The van der Waals surface area contributed by atoms with Crippen molar-refractivity contribution >= 4 is 21.7 Å². The lowest BCUT2D eigenvalue weighted by Crippen LogP contribution is -2.67. The third-order valence-corrected chi connectivity index (χ3v) is 4.67. The van der Waals surface area contributed by atoms with Crippen LogP contribution >= 0.6 is 0 Å². The standard InChI is InChI=1S/C13H21N5O7S/c14-9-11(21)10(20)8(5-19)25-12(9)17-18-13(22)16-6-1-3-7(4-2-6)26(15,23)24/h1-4,8-12,17,19-21H,5,14H2,(H2,15,23,24)(H2,16,18,22)/t8-,9-,10-,11-,12+/m1/s1. The second kappa shape index (κ2) is 8.24. The predicted molar refractivity (Wildman–Crippen MR) is 88.8 cm³/mol. The predicted octanol–water partition coefficient (Wildman–Crippen LogP) is -3.27. The molecule has 0 bridgehead atoms. The first kappa shape index (κ1) is 20.5. The molecule has 26 heavy (non-hydrogen) atoms. The molecule has 5 atom stereocenters. The number of primary sulfonamides is 1. The molecule has 1 aromatic rings. The van der Waals surface area contributed by atoms with Gasteiger partial charge in [-0.15, -0.1) is 0 Å². The number of carbonyl (C=O) groups excluding carboxylic acids is 1. The number of hydrogen-bond acceptors (Lipinski definition) is 9. The first-order valence-corrected chi connectivity index (χ1v) is 9.01. The molecule has 13 heteroatoms. The minimum atomic E-state index is -3.83. The summed E-state index contributed by atoms with van der Waals surface area (Å²) in [7, 11) is -3.83. The fourth-order valence-electron chi connectivity index (χ4n) is 2.29. The molecule has 1 aromatic carbocycles. The molecule has 1 aliphatic heterocycles. The normalized spacial score (nSPS) is 29.2. The minimum absolute atomic E-state index is 0.106. The SMILES string of the molecule is N[C@@H]1[C@@H](O)[C@H](O)[C@@H](CO)O[C@@H]1NNC(=O)Nc1ccc(S(N)(=O)=O)cc1. The van der Waals surface area contributed by atoms with E-state index in [-0.39, 0.29) is 10.6 Å². The number of sulfonamides is 1. The highest BCUT2D eigenvalue weighted by atomic mass is 32.2. The zero-order valence-electron chi connectivity index (χ0n) is 13.4. The van der Waals surface area contributed by atoms with E-state index >= 15 is 0 Å². The van der Waals surface area contributed by atoms with Gasteiger partial charge in [0.25, 0.3) is 0 Å². The van der Waals surface area contributed by atoms with Gasteiger partial charge < -0.3 is 31.1 Å². The summed E-state index contributed by atoms with van der Waals surface area (Å²) in [5.74, 6) is 0. The van der Waals surface area contributed by atoms with E-state index in [0.29, 0.717) is 0 Å². The number of ether oxygens (including phenoxy) is 1. The van der Waals surface area contributed by atoms with Crippen LogP contribution in [0.25, 0.3) is 0 Å². The molecular formula is C13H21N5O7S. The summed E-state index contributed by atoms with van der Waals surface area (Å²) in [6.07, 6.45) is -4.87. The number of urea groups is 1. The number of anilines is 1. The van der Waals surface area contributed by atoms with Crippen LogP contribution in [0, 0.1) is 0 Å². The van der Waals surface area contributed by atoms with Crippen molar-refractivity contribution in [3.8, 4) is 0 Å². The molecule has 2 rings (SSSR count). The van der Waals surface area contributed by atoms with Gasteiger partial charge in [0.15, 0.2) is 0 Å². The molecule has 1 aliphatic rings. The van der Waals surface area contributed by atoms with Crippen LogP contribution in [0.2, 0.25) is 0 Å². The van der Waals surface area contributed by atoms with Crippen LogP contribution < -0.4 is 27.0 Å². The number of aliphatic hydroxyl groups excluding tert-OH is 3. The van der Waals surface area contributed by atoms with Gasteiger partial charge in [0.05, 0.1) is 17.5 Å². The molecule has 146 valence electrons. The largest absolute Gasteiger partial charge is 0.394 e. The van der Waals surface area contributed by atoms with Crippen LogP contribution in [0.4, 0.5) is 10.5 Å². The molecule has 1 saturated heterocycles. The number of amides is 2. The highest BCUT2D eigenvalue weighted by Gasteiger charge is 2.42. The maximum Gasteiger partial charge on any atom is 0.333 e. The van der Waals surface area contributed by atoms with Crippen molar-refractivity contribution < 1.29 is 33.3 Å². The second-order valence-electron chi connectivity index (χ2n) is 5.63. The van der Waals surface area contributed by atoms with Crippen LogP contribution in [0.3, 0.4) is 0 Å². The zero-order valence-corrected chi connectivity index (χ0v) is 14.3. The second-order valence-corrected chi connectivity index (χ2v) is 7.19. The molecule has 1 heterocycles. The molecule has 2 amide bonds. The Kier molecular flexibility index (Phi) is 6.48. The number of hydrazine groups is 1. The molecule has 10 N–H and O–H groups in total. The summed E-state index contributed by atoms with van der Waals surface area (Å²) >= 11 is 0. The van der Waals surface area contributed by atoms with Crippen molar-refractivity contribution in [1.29, 1.82) is 0 Å². The molecule has 0 saturated carbocycles. The van der Waals surface area contributed by atoms with Gasteiger partial charge in [-0.25, -0.2) is 23.8 Å². The van der Waals surface area contributed by atoms with Crippen LogP contribution in [-0.4, -0.2) is 67.0 Å². The topological polar surface area (TPSA) is 209 Å². The number of carbonyl (C=O) groups is 1. The number of nitrogens with one attached hydrogen (secondary N) is 3. The summed E-state index contributed by atoms with van der Waals surface area (Å²) in [4.78, 5) is 11.7. The first-order chi connectivity index (χ1) is 12.1. The molecule has 0 aliphatic carbocycles. The maximum absolute atomic E-state index is 11.9. The Morgan fingerprint density at radius 1 is 1.19 bits per heavy atom. The van der Waals surface area contributed by atoms with E-state index in [2.05, 4.69) is 16.2 Å². The van der Waals surface area contributed by atoms with E-state index in [4.69, 9.17) is 20.7 Å². The molecule has 12 nitrogen and oxygen atoms in total. The van der Waals surface area contributed by atoms with E-state index in [9.17, 15) is 23.4 Å². The van der Waals surface area contributed by atoms with Gasteiger partial charge in [0.1, 0.15) is 24.5 Å². The van der Waals surface area contributed by atoms with Gasteiger partial charge in [-0.3, -0.25) is 5.43 Å². The average Bonchev–Trinajstić information content (AvgIpc) is 2.59. The van der Waals surface area contributed by atoms with Crippen molar-refractivity contribution in [2.24, 2.45) is 10.9 Å². The molecule has 1 fully saturated rings. The highest BCUT2D eigenvalue weighted by Crippen LogP contribution is 2.18. The van der Waals surface area contributed by atoms with Gasteiger partial charge in [0, 0.05) is 5.69 Å². The zero-order chi connectivity index (χ0) is 19.5. The van der Waals surface area contributed by atoms with E-state index in [0.717, 1.165) is 0 Å². The van der Waals surface area contributed by atoms with E-state index in [1.54, 1.807) is 0 Å². The number of rotatable bonds is 5. The average molecular weight is 391 g/mol. The lowest BCUT2D eigenvalue weighted by molar-refractivity contribution is -0.198. The molecule has 0 spiro atoms. The summed E-state index contributed by atoms with van der Waals surface area (Å²) in [5, 5.41) is 36.0. The molecular weight excluding hydrogens is 370 g/mol. The lowest BCUT2D eigenvalue weighted by Gasteiger charge is -2.40. The Morgan fingerprint density at radius 2 is 1.81 bits per heavy atom. The summed E-state index contributed by atoms with van der Waals surface area (Å²) in [6.45, 7) is -0.550. The van der Waals surface area contributed by atoms with Gasteiger partial charge in [-0.2, -0.15) is 0 Å². The number of hydrogen-bond donors (Lipinski definition) is 8. The van der Waals surface area contributed by atoms with Crippen LogP contribution in [0.15, 0.2) is 29.2 Å². The lowest BCUT2D eigenvalue weighted by atomic mass is 9.97. The summed E-state index contributed by atoms with van der Waals surface area (Å²) in [6, 6.07) is 3.32. The summed E-state index contributed by atoms with van der Waals surface area (Å²) in [5.41, 5.74) is 10.7. The van der Waals surface area contributed by atoms with Crippen molar-refractivity contribution in [2.75, 3.05) is 11.9 Å². The van der Waals surface area contributed by atoms with Crippen LogP contribution in [-0.2, 0) is 14.8 Å². The molecule has 0 unspecified atom stereocenters. The van der Waals surface area contributed by atoms with Crippen LogP contribution in [0.1, 0.15) is 0 Å². The highest BCUT2D eigenvalue weighted by molar-refractivity contribution is 7.89. The Bertz CT molecular complexity index is 727. The van der Waals surface area contributed by atoms with Gasteiger partial charge in [-0.1, -0.05) is 0 Å². The van der Waals surface area contributed by atoms with Gasteiger partial charge in [0.2, 0.25) is 10.0 Å². The van der Waals surface area contributed by atoms with Crippen molar-refractivity contribution in [1.82, 2.24) is 10.9 Å². The molecule has 0 aromatic heterocycles. The quantitative estimate of drug-likeness (QED) is 0.236. The smallest absolute Gasteiger partial charge is 0.333 e. The minimum Gasteiger partial charge on any atom is -0.394 e. The fraction of sp³-hybridized carbons (Fsp3) is 0.462. The maximum atomic E-state index is 11.9.